The summed E-state index contributed by atoms with van der Waals surface area (Å²) in [4.78, 5) is 38.1. The number of hydrogen-bond donors (Lipinski definition) is 3. The Kier molecular flexibility index (Phi) is 13.6. The summed E-state index contributed by atoms with van der Waals surface area (Å²) < 4.78 is 40.6. The summed E-state index contributed by atoms with van der Waals surface area (Å²) in [6.45, 7) is 6.69. The zero-order valence-corrected chi connectivity index (χ0v) is 27.2. The lowest BCUT2D eigenvalue weighted by Gasteiger charge is -2.25. The molecule has 0 spiro atoms. The number of methoxy groups -OCH3 is 2. The minimum Gasteiger partial charge on any atom is -0.495 e. The molecule has 0 aromatic heterocycles. The first-order valence-electron chi connectivity index (χ1n) is 14.6. The maximum atomic E-state index is 15.3. The summed E-state index contributed by atoms with van der Waals surface area (Å²) in [6.07, 6.45) is -0.235. The number of ether oxygens (including phenoxy) is 5. The maximum absolute atomic E-state index is 15.3. The predicted molar refractivity (Wildman–Crippen MR) is 167 cm³/mol. The molecule has 1 fully saturated rings. The Hall–Kier alpha value is -3.96. The molecule has 1 aliphatic heterocycles. The van der Waals surface area contributed by atoms with Crippen LogP contribution in [0.4, 0.5) is 14.9 Å². The third kappa shape index (κ3) is 10.0. The highest BCUT2D eigenvalue weighted by Crippen LogP contribution is 2.42. The fraction of sp³-hybridized carbons (Fsp3) is 0.500. The molecular weight excluding hydrogens is 623 g/mol. The zero-order valence-electron chi connectivity index (χ0n) is 26.5. The van der Waals surface area contributed by atoms with Gasteiger partial charge in [-0.25, -0.2) is 14.0 Å². The third-order valence-corrected chi connectivity index (χ3v) is 7.49. The second kappa shape index (κ2) is 17.1. The van der Waals surface area contributed by atoms with Gasteiger partial charge in [0.2, 0.25) is 12.7 Å². The van der Waals surface area contributed by atoms with Crippen molar-refractivity contribution in [2.24, 2.45) is 11.3 Å². The number of carbonyl (C=O) groups excluding carboxylic acids is 3. The second-order valence-electron chi connectivity index (χ2n) is 11.8. The summed E-state index contributed by atoms with van der Waals surface area (Å²) >= 11 is 6.08. The lowest BCUT2D eigenvalue weighted by atomic mass is 9.77. The van der Waals surface area contributed by atoms with Crippen molar-refractivity contribution in [3.8, 4) is 11.8 Å². The van der Waals surface area contributed by atoms with E-state index in [1.165, 1.54) is 37.4 Å². The van der Waals surface area contributed by atoms with Gasteiger partial charge in [-0.1, -0.05) is 44.5 Å². The maximum Gasteiger partial charge on any atom is 0.410 e. The topological polar surface area (TPSA) is 157 Å². The highest BCUT2D eigenvalue weighted by molar-refractivity contribution is 6.30. The normalized spacial score (nSPS) is 19.2. The molecule has 1 saturated heterocycles. The molecule has 2 aromatic carbocycles. The number of hydrogen-bond acceptors (Lipinski definition) is 10. The molecule has 2 amide bonds. The van der Waals surface area contributed by atoms with Gasteiger partial charge < -0.3 is 39.6 Å². The minimum absolute atomic E-state index is 0.0676. The van der Waals surface area contributed by atoms with Crippen LogP contribution in [0.1, 0.15) is 49.0 Å². The lowest BCUT2D eigenvalue weighted by molar-refractivity contribution is -0.118. The number of amides is 2. The Balaban J connectivity index is 1.69. The Bertz CT molecular complexity index is 1410. The Morgan fingerprint density at radius 2 is 1.85 bits per heavy atom. The van der Waals surface area contributed by atoms with E-state index in [0.717, 1.165) is 0 Å². The average molecular weight is 663 g/mol. The van der Waals surface area contributed by atoms with Crippen molar-refractivity contribution in [3.05, 3.63) is 58.4 Å². The van der Waals surface area contributed by atoms with E-state index in [1.54, 1.807) is 13.2 Å². The van der Waals surface area contributed by atoms with Gasteiger partial charge in [0.1, 0.15) is 11.6 Å². The largest absolute Gasteiger partial charge is 0.495 e. The number of halogens is 2. The molecule has 0 radical (unpaired) electrons. The van der Waals surface area contributed by atoms with Gasteiger partial charge in [0.05, 0.1) is 61.2 Å². The van der Waals surface area contributed by atoms with Crippen molar-refractivity contribution in [3.63, 3.8) is 0 Å². The second-order valence-corrected chi connectivity index (χ2v) is 12.2. The molecule has 0 bridgehead atoms. The fourth-order valence-corrected chi connectivity index (χ4v) is 5.36. The monoisotopic (exact) mass is 662 g/mol. The highest BCUT2D eigenvalue weighted by atomic mass is 35.5. The SMILES string of the molecule is COCCOCCNC(=O)OCOC(=O)c1ccc(NC(=O)[C@@H]2N[C@@H](CC(C)(C)C)C(C#N)[C@H]2c2cccc(Cl)c2F)c(OC)c1. The van der Waals surface area contributed by atoms with Crippen molar-refractivity contribution >= 4 is 35.3 Å². The van der Waals surface area contributed by atoms with Crippen molar-refractivity contribution in [1.82, 2.24) is 10.6 Å². The van der Waals surface area contributed by atoms with Crippen LogP contribution >= 0.6 is 11.6 Å². The standard InChI is InChI=1S/C32H40ClFN4O8/c1-32(2,3)16-24-21(17-35)26(20-7-6-8-22(33)27(20)34)28(37-24)29(39)38-23-10-9-19(15-25(23)43-5)30(40)45-18-46-31(41)36-11-12-44-14-13-42-4/h6-10,15,21,24,26,28,37H,11-14,16,18H2,1-5H3,(H,36,41)(H,38,39)/t21?,24-,26+,28+/m0/s1. The third-order valence-electron chi connectivity index (χ3n) is 7.20. The van der Waals surface area contributed by atoms with Gasteiger partial charge in [-0.15, -0.1) is 0 Å². The summed E-state index contributed by atoms with van der Waals surface area (Å²) in [7, 11) is 2.91. The molecule has 0 saturated carbocycles. The zero-order chi connectivity index (χ0) is 33.9. The first kappa shape index (κ1) is 36.5. The first-order valence-corrected chi connectivity index (χ1v) is 15.0. The highest BCUT2D eigenvalue weighted by Gasteiger charge is 2.49. The molecule has 1 heterocycles. The Labute approximate surface area is 272 Å². The van der Waals surface area contributed by atoms with Gasteiger partial charge in [0.15, 0.2) is 0 Å². The molecule has 1 unspecified atom stereocenters. The van der Waals surface area contributed by atoms with Gasteiger partial charge in [-0.05, 0) is 41.7 Å². The van der Waals surface area contributed by atoms with Crippen LogP contribution in [0.3, 0.4) is 0 Å². The number of rotatable bonds is 14. The lowest BCUT2D eigenvalue weighted by Crippen LogP contribution is -2.42. The van der Waals surface area contributed by atoms with Crippen LogP contribution < -0.4 is 20.7 Å². The molecule has 0 aliphatic carbocycles. The van der Waals surface area contributed by atoms with Gasteiger partial charge in [-0.2, -0.15) is 5.26 Å². The van der Waals surface area contributed by atoms with Crippen LogP contribution in [0.15, 0.2) is 36.4 Å². The number of anilines is 1. The molecule has 46 heavy (non-hydrogen) atoms. The van der Waals surface area contributed by atoms with Crippen molar-refractivity contribution in [1.29, 1.82) is 5.26 Å². The molecule has 4 atom stereocenters. The molecule has 3 N–H and O–H groups in total. The van der Waals surface area contributed by atoms with Crippen LogP contribution in [-0.4, -0.2) is 77.4 Å². The van der Waals surface area contributed by atoms with E-state index in [0.29, 0.717) is 19.6 Å². The predicted octanol–water partition coefficient (Wildman–Crippen LogP) is 4.63. The van der Waals surface area contributed by atoms with Gasteiger partial charge in [-0.3, -0.25) is 4.79 Å². The number of nitrogens with zero attached hydrogens (tertiary/aromatic N) is 1. The molecule has 2 aromatic rings. The smallest absolute Gasteiger partial charge is 0.410 e. The quantitative estimate of drug-likeness (QED) is 0.148. The Morgan fingerprint density at radius 3 is 2.52 bits per heavy atom. The number of benzene rings is 2. The van der Waals surface area contributed by atoms with E-state index >= 15 is 4.39 Å². The van der Waals surface area contributed by atoms with E-state index in [4.69, 9.17) is 35.3 Å². The van der Waals surface area contributed by atoms with E-state index in [-0.39, 0.29) is 46.2 Å². The number of carbonyl (C=O) groups is 3. The number of esters is 1. The van der Waals surface area contributed by atoms with Gasteiger partial charge in [0.25, 0.3) is 0 Å². The molecule has 1 aliphatic rings. The van der Waals surface area contributed by atoms with E-state index in [9.17, 15) is 19.6 Å². The van der Waals surface area contributed by atoms with E-state index in [1.807, 2.05) is 20.8 Å². The summed E-state index contributed by atoms with van der Waals surface area (Å²) in [5.74, 6) is -3.43. The number of nitriles is 1. The number of nitrogens with one attached hydrogen (secondary N) is 3. The fourth-order valence-electron chi connectivity index (χ4n) is 5.17. The summed E-state index contributed by atoms with van der Waals surface area (Å²) in [6, 6.07) is 9.63. The van der Waals surface area contributed by atoms with E-state index in [2.05, 4.69) is 22.0 Å². The summed E-state index contributed by atoms with van der Waals surface area (Å²) in [5, 5.41) is 18.6. The van der Waals surface area contributed by atoms with Crippen molar-refractivity contribution < 1.29 is 42.5 Å². The van der Waals surface area contributed by atoms with E-state index < -0.39 is 54.5 Å². The molecule has 3 rings (SSSR count). The van der Waals surface area contributed by atoms with Crippen LogP contribution in [0.2, 0.25) is 5.02 Å². The molecular formula is C32H40ClFN4O8. The molecule has 14 heteroatoms. The van der Waals surface area contributed by atoms with Crippen LogP contribution in [0.5, 0.6) is 5.75 Å². The van der Waals surface area contributed by atoms with Crippen molar-refractivity contribution in [2.75, 3.05) is 52.7 Å². The van der Waals surface area contributed by atoms with Crippen LogP contribution in [0.25, 0.3) is 0 Å². The minimum atomic E-state index is -0.987. The van der Waals surface area contributed by atoms with Crippen molar-refractivity contribution in [2.45, 2.75) is 45.2 Å². The van der Waals surface area contributed by atoms with Gasteiger partial charge >= 0.3 is 12.1 Å². The van der Waals surface area contributed by atoms with Crippen LogP contribution in [0, 0.1) is 28.5 Å². The Morgan fingerprint density at radius 1 is 1.09 bits per heavy atom. The average Bonchev–Trinajstić information content (AvgIpc) is 3.36. The molecule has 250 valence electrons. The number of alkyl carbamates (subject to hydrolysis) is 1. The first-order chi connectivity index (χ1) is 21.9. The molecule has 12 nitrogen and oxygen atoms in total. The summed E-state index contributed by atoms with van der Waals surface area (Å²) in [5.41, 5.74) is 0.279. The van der Waals surface area contributed by atoms with Gasteiger partial charge in [0, 0.05) is 25.6 Å². The van der Waals surface area contributed by atoms with Crippen LogP contribution in [-0.2, 0) is 23.7 Å².